The Morgan fingerprint density at radius 2 is 0.828 bits per heavy atom. The number of hydrogen-bond donors (Lipinski definition) is 0. The molecule has 0 fully saturated rings. The van der Waals surface area contributed by atoms with E-state index in [9.17, 15) is 0 Å². The van der Waals surface area contributed by atoms with Gasteiger partial charge in [0.15, 0.2) is 17.5 Å². The van der Waals surface area contributed by atoms with Crippen molar-refractivity contribution >= 4 is 65.2 Å². The van der Waals surface area contributed by atoms with Gasteiger partial charge in [-0.15, -0.1) is 0 Å². The predicted octanol–water partition coefficient (Wildman–Crippen LogP) is 15.0. The van der Waals surface area contributed by atoms with Gasteiger partial charge in [0.1, 0.15) is 0 Å². The molecule has 0 spiro atoms. The number of fused-ring (bicyclic) bond motifs is 8. The first-order chi connectivity index (χ1) is 31.7. The molecule has 0 atom stereocenters. The minimum absolute atomic E-state index is 0.615. The lowest BCUT2D eigenvalue weighted by Crippen LogP contribution is -2.02. The zero-order valence-corrected chi connectivity index (χ0v) is 34.6. The molecule has 0 aliphatic carbocycles. The molecule has 0 bridgehead atoms. The van der Waals surface area contributed by atoms with Crippen LogP contribution in [0.2, 0.25) is 0 Å². The van der Waals surface area contributed by atoms with Crippen LogP contribution < -0.4 is 0 Å². The van der Waals surface area contributed by atoms with Crippen molar-refractivity contribution in [3.63, 3.8) is 0 Å². The van der Waals surface area contributed by atoms with Crippen molar-refractivity contribution in [2.24, 2.45) is 0 Å². The van der Waals surface area contributed by atoms with E-state index in [1.54, 1.807) is 0 Å². The van der Waals surface area contributed by atoms with Crippen LogP contribution in [0.3, 0.4) is 0 Å². The molecule has 64 heavy (non-hydrogen) atoms. The molecular weight excluding hydrogens is 779 g/mol. The number of hydrogen-bond acceptors (Lipinski definition) is 3. The third-order valence-electron chi connectivity index (χ3n) is 12.7. The molecule has 0 radical (unpaired) electrons. The van der Waals surface area contributed by atoms with E-state index >= 15 is 0 Å². The molecule has 0 amide bonds. The molecule has 0 aliphatic heterocycles. The molecule has 0 unspecified atom stereocenters. The van der Waals surface area contributed by atoms with Gasteiger partial charge in [0.05, 0.1) is 27.8 Å². The predicted molar refractivity (Wildman–Crippen MR) is 265 cm³/mol. The van der Waals surface area contributed by atoms with E-state index in [0.29, 0.717) is 17.5 Å². The minimum atomic E-state index is 0.615. The lowest BCUT2D eigenvalue weighted by atomic mass is 10.0. The highest BCUT2D eigenvalue weighted by Crippen LogP contribution is 2.41. The maximum atomic E-state index is 5.46. The van der Waals surface area contributed by atoms with E-state index in [1.807, 2.05) is 6.07 Å². The fourth-order valence-corrected chi connectivity index (χ4v) is 9.87. The Labute approximate surface area is 368 Å². The first-order valence-electron chi connectivity index (χ1n) is 21.7. The quantitative estimate of drug-likeness (QED) is 0.168. The Morgan fingerprint density at radius 1 is 0.281 bits per heavy atom. The molecule has 0 saturated carbocycles. The first kappa shape index (κ1) is 36.0. The summed E-state index contributed by atoms with van der Waals surface area (Å²) in [6.45, 7) is 0. The molecule has 10 aromatic carbocycles. The Hall–Kier alpha value is -8.67. The third kappa shape index (κ3) is 5.68. The standard InChI is InChI=1S/C59H37N5/c1-3-17-38(18-4-1)39-21-13-22-42(35-39)57-60-58(62-59(61-57)49-30-16-34-54-56(49)48-26-10-12-32-53(48)63(54)43-23-5-2-6-24-43)47-29-14-28-45-44(47)27-15-33-52(45)64-51-31-11-9-25-46(51)50-36-40-19-7-8-20-41(40)37-55(50)64/h1-37H. The van der Waals surface area contributed by atoms with E-state index in [4.69, 9.17) is 15.0 Å². The Balaban J connectivity index is 1.07. The van der Waals surface area contributed by atoms with Gasteiger partial charge in [-0.05, 0) is 81.9 Å². The smallest absolute Gasteiger partial charge is 0.164 e. The zero-order valence-electron chi connectivity index (χ0n) is 34.6. The average Bonchev–Trinajstić information content (AvgIpc) is 3.88. The summed E-state index contributed by atoms with van der Waals surface area (Å²) < 4.78 is 4.76. The van der Waals surface area contributed by atoms with Crippen molar-refractivity contribution in [1.82, 2.24) is 24.1 Å². The highest BCUT2D eigenvalue weighted by molar-refractivity contribution is 6.16. The van der Waals surface area contributed by atoms with Crippen molar-refractivity contribution in [2.75, 3.05) is 0 Å². The van der Waals surface area contributed by atoms with Gasteiger partial charge in [-0.3, -0.25) is 0 Å². The lowest BCUT2D eigenvalue weighted by molar-refractivity contribution is 1.08. The number of para-hydroxylation sites is 3. The molecule has 298 valence electrons. The summed E-state index contributed by atoms with van der Waals surface area (Å²) in [6, 6.07) is 79.8. The molecule has 5 heteroatoms. The van der Waals surface area contributed by atoms with Crippen molar-refractivity contribution in [1.29, 1.82) is 0 Å². The highest BCUT2D eigenvalue weighted by atomic mass is 15.0. The number of benzene rings is 10. The Kier molecular flexibility index (Phi) is 8.15. The Bertz CT molecular complexity index is 3960. The molecule has 13 rings (SSSR count). The molecule has 0 aliphatic rings. The van der Waals surface area contributed by atoms with Gasteiger partial charge < -0.3 is 9.13 Å². The molecule has 0 saturated heterocycles. The fraction of sp³-hybridized carbons (Fsp3) is 0. The van der Waals surface area contributed by atoms with Crippen molar-refractivity contribution < 1.29 is 0 Å². The minimum Gasteiger partial charge on any atom is -0.309 e. The van der Waals surface area contributed by atoms with Gasteiger partial charge in [-0.1, -0.05) is 170 Å². The average molecular weight is 816 g/mol. The van der Waals surface area contributed by atoms with Gasteiger partial charge in [-0.2, -0.15) is 0 Å². The van der Waals surface area contributed by atoms with E-state index in [0.717, 1.165) is 77.3 Å². The van der Waals surface area contributed by atoms with E-state index in [-0.39, 0.29) is 0 Å². The topological polar surface area (TPSA) is 48.5 Å². The van der Waals surface area contributed by atoms with Crippen LogP contribution in [-0.2, 0) is 0 Å². The van der Waals surface area contributed by atoms with Crippen LogP contribution in [-0.4, -0.2) is 24.1 Å². The Morgan fingerprint density at radius 3 is 1.66 bits per heavy atom. The monoisotopic (exact) mass is 815 g/mol. The highest BCUT2D eigenvalue weighted by Gasteiger charge is 2.22. The van der Waals surface area contributed by atoms with Crippen LogP contribution in [0.15, 0.2) is 224 Å². The van der Waals surface area contributed by atoms with Crippen LogP contribution in [0.4, 0.5) is 0 Å². The molecular formula is C59H37N5. The summed E-state index contributed by atoms with van der Waals surface area (Å²) in [5.41, 5.74) is 11.8. The van der Waals surface area contributed by atoms with Gasteiger partial charge >= 0.3 is 0 Å². The van der Waals surface area contributed by atoms with Crippen LogP contribution in [0.25, 0.3) is 122 Å². The summed E-state index contributed by atoms with van der Waals surface area (Å²) in [6.07, 6.45) is 0. The van der Waals surface area contributed by atoms with Crippen LogP contribution in [0.5, 0.6) is 0 Å². The number of rotatable bonds is 6. The van der Waals surface area contributed by atoms with E-state index in [1.165, 1.54) is 27.1 Å². The first-order valence-corrected chi connectivity index (χ1v) is 21.7. The summed E-state index contributed by atoms with van der Waals surface area (Å²) in [4.78, 5) is 16.2. The largest absolute Gasteiger partial charge is 0.309 e. The van der Waals surface area contributed by atoms with Crippen molar-refractivity contribution in [3.8, 4) is 56.7 Å². The molecule has 13 aromatic rings. The lowest BCUT2D eigenvalue weighted by Gasteiger charge is -2.15. The normalized spacial score (nSPS) is 11.8. The molecule has 5 nitrogen and oxygen atoms in total. The van der Waals surface area contributed by atoms with Crippen LogP contribution >= 0.6 is 0 Å². The second kappa shape index (κ2) is 14.5. The summed E-state index contributed by atoms with van der Waals surface area (Å²) in [5, 5.41) is 9.31. The summed E-state index contributed by atoms with van der Waals surface area (Å²) in [5.74, 6) is 1.85. The van der Waals surface area contributed by atoms with Gasteiger partial charge in [0.25, 0.3) is 0 Å². The maximum Gasteiger partial charge on any atom is 0.164 e. The zero-order chi connectivity index (χ0) is 42.1. The fourth-order valence-electron chi connectivity index (χ4n) is 9.87. The van der Waals surface area contributed by atoms with Gasteiger partial charge in [0.2, 0.25) is 0 Å². The molecule has 3 aromatic heterocycles. The van der Waals surface area contributed by atoms with Crippen molar-refractivity contribution in [2.45, 2.75) is 0 Å². The van der Waals surface area contributed by atoms with E-state index in [2.05, 4.69) is 228 Å². The van der Waals surface area contributed by atoms with Crippen LogP contribution in [0.1, 0.15) is 0 Å². The van der Waals surface area contributed by atoms with Crippen molar-refractivity contribution in [3.05, 3.63) is 224 Å². The molecule has 0 N–H and O–H groups in total. The van der Waals surface area contributed by atoms with Gasteiger partial charge in [0, 0.05) is 49.3 Å². The van der Waals surface area contributed by atoms with Gasteiger partial charge in [-0.25, -0.2) is 15.0 Å². The second-order valence-corrected chi connectivity index (χ2v) is 16.4. The maximum absolute atomic E-state index is 5.46. The van der Waals surface area contributed by atoms with E-state index < -0.39 is 0 Å². The molecule has 3 heterocycles. The number of aromatic nitrogens is 5. The van der Waals surface area contributed by atoms with Crippen LogP contribution in [0, 0.1) is 0 Å². The third-order valence-corrected chi connectivity index (χ3v) is 12.7. The summed E-state index contributed by atoms with van der Waals surface area (Å²) in [7, 11) is 0. The second-order valence-electron chi connectivity index (χ2n) is 16.4. The number of nitrogens with zero attached hydrogens (tertiary/aromatic N) is 5. The summed E-state index contributed by atoms with van der Waals surface area (Å²) >= 11 is 0. The SMILES string of the molecule is c1ccc(-c2cccc(-c3nc(-c4cccc5c(-n6c7ccccc7c7cc8ccccc8cc76)cccc45)nc(-c4cccc5c4c4ccccc4n5-c4ccccc4)n3)c2)cc1.